The third-order valence-corrected chi connectivity index (χ3v) is 2.90. The van der Waals surface area contributed by atoms with Crippen LogP contribution in [0.2, 0.25) is 0 Å². The molecule has 0 saturated carbocycles. The molecule has 18 heavy (non-hydrogen) atoms. The zero-order valence-corrected chi connectivity index (χ0v) is 10.3. The van der Waals surface area contributed by atoms with Crippen molar-refractivity contribution >= 4 is 16.8 Å². The molecule has 1 heterocycles. The Bertz CT molecular complexity index is 770. The van der Waals surface area contributed by atoms with Crippen molar-refractivity contribution in [1.29, 1.82) is 0 Å². The summed E-state index contributed by atoms with van der Waals surface area (Å²) < 4.78 is 7.87. The topological polar surface area (TPSA) is 55.1 Å². The summed E-state index contributed by atoms with van der Waals surface area (Å²) in [7, 11) is 3.99. The number of fused-ring (bicyclic) bond motifs is 2. The summed E-state index contributed by atoms with van der Waals surface area (Å²) >= 11 is 0. The molecular weight excluding hydrogens is 226 g/mol. The number of hydrogen-bond acceptors (Lipinski definition) is 3. The first kappa shape index (κ1) is 10.8. The first-order chi connectivity index (χ1) is 8.63. The SMILES string of the molecule is C[N+](C)=c1ccc2nc3ccc(N)cc3oc-2c1. The van der Waals surface area contributed by atoms with E-state index >= 15 is 0 Å². The molecule has 1 aliphatic carbocycles. The number of nitrogens with zero attached hydrogens (tertiary/aromatic N) is 2. The van der Waals surface area contributed by atoms with Gasteiger partial charge in [0.25, 0.3) is 0 Å². The van der Waals surface area contributed by atoms with Crippen LogP contribution in [0.3, 0.4) is 0 Å². The minimum Gasteiger partial charge on any atom is -0.452 e. The van der Waals surface area contributed by atoms with Crippen molar-refractivity contribution in [2.24, 2.45) is 0 Å². The van der Waals surface area contributed by atoms with E-state index in [1.54, 1.807) is 6.07 Å². The first-order valence-electron chi connectivity index (χ1n) is 5.74. The van der Waals surface area contributed by atoms with Crippen molar-refractivity contribution in [2.45, 2.75) is 0 Å². The van der Waals surface area contributed by atoms with Crippen molar-refractivity contribution in [2.75, 3.05) is 19.8 Å². The molecule has 2 N–H and O–H groups in total. The lowest BCUT2D eigenvalue weighted by atomic mass is 10.2. The van der Waals surface area contributed by atoms with Gasteiger partial charge in [-0.25, -0.2) is 9.56 Å². The average Bonchev–Trinajstić information content (AvgIpc) is 2.35. The normalized spacial score (nSPS) is 11.0. The van der Waals surface area contributed by atoms with E-state index in [0.29, 0.717) is 11.3 Å². The van der Waals surface area contributed by atoms with Gasteiger partial charge in [0.05, 0.1) is 6.07 Å². The monoisotopic (exact) mass is 240 g/mol. The number of rotatable bonds is 0. The van der Waals surface area contributed by atoms with Crippen molar-refractivity contribution in [3.05, 3.63) is 41.8 Å². The van der Waals surface area contributed by atoms with E-state index in [2.05, 4.69) is 4.98 Å². The van der Waals surface area contributed by atoms with Crippen LogP contribution in [0.5, 0.6) is 0 Å². The molecule has 4 nitrogen and oxygen atoms in total. The van der Waals surface area contributed by atoms with Crippen molar-refractivity contribution < 1.29 is 4.42 Å². The Labute approximate surface area is 104 Å². The lowest BCUT2D eigenvalue weighted by Crippen LogP contribution is -2.21. The van der Waals surface area contributed by atoms with Crippen molar-refractivity contribution in [3.8, 4) is 11.5 Å². The maximum Gasteiger partial charge on any atom is 0.203 e. The molecule has 3 rings (SSSR count). The van der Waals surface area contributed by atoms with E-state index in [9.17, 15) is 0 Å². The molecule has 0 aromatic heterocycles. The molecule has 0 radical (unpaired) electrons. The third-order valence-electron chi connectivity index (χ3n) is 2.90. The lowest BCUT2D eigenvalue weighted by molar-refractivity contribution is 0.611. The molecule has 1 aromatic carbocycles. The molecule has 1 aromatic rings. The molecule has 4 heteroatoms. The maximum atomic E-state index is 5.85. The fourth-order valence-corrected chi connectivity index (χ4v) is 1.91. The number of nitrogens with two attached hydrogens (primary N) is 1. The Morgan fingerprint density at radius 2 is 1.94 bits per heavy atom. The number of anilines is 1. The minimum atomic E-state index is 0.677. The highest BCUT2D eigenvalue weighted by Crippen LogP contribution is 2.24. The predicted molar refractivity (Wildman–Crippen MR) is 72.2 cm³/mol. The summed E-state index contributed by atoms with van der Waals surface area (Å²) in [4.78, 5) is 4.55. The molecule has 90 valence electrons. The smallest absolute Gasteiger partial charge is 0.203 e. The molecule has 2 aliphatic rings. The molecule has 0 spiro atoms. The summed E-state index contributed by atoms with van der Waals surface area (Å²) in [6.45, 7) is 0. The van der Waals surface area contributed by atoms with Gasteiger partial charge in [0.1, 0.15) is 25.3 Å². The minimum absolute atomic E-state index is 0.677. The van der Waals surface area contributed by atoms with Crippen LogP contribution in [0, 0.1) is 0 Å². The quantitative estimate of drug-likeness (QED) is 0.368. The highest BCUT2D eigenvalue weighted by molar-refractivity contribution is 5.79. The van der Waals surface area contributed by atoms with Crippen LogP contribution < -0.4 is 15.7 Å². The van der Waals surface area contributed by atoms with Gasteiger partial charge in [-0.3, -0.25) is 0 Å². The fourth-order valence-electron chi connectivity index (χ4n) is 1.91. The van der Waals surface area contributed by atoms with Crippen LogP contribution in [0.1, 0.15) is 0 Å². The van der Waals surface area contributed by atoms with Gasteiger partial charge in [0.15, 0.2) is 11.3 Å². The lowest BCUT2D eigenvalue weighted by Gasteiger charge is -2.05. The van der Waals surface area contributed by atoms with Crippen LogP contribution >= 0.6 is 0 Å². The molecule has 0 fully saturated rings. The largest absolute Gasteiger partial charge is 0.452 e. The molecule has 0 atom stereocenters. The number of aromatic nitrogens is 1. The van der Waals surface area contributed by atoms with Gasteiger partial charge in [-0.05, 0) is 18.2 Å². The van der Waals surface area contributed by atoms with E-state index in [1.807, 2.05) is 49.0 Å². The third kappa shape index (κ3) is 1.72. The standard InChI is InChI=1S/C14H13N3O/c1-17(2)10-4-6-12-14(8-10)18-13-7-9(15)3-5-11(13)16-12/h3-8,15H,1-2H3/p+1. The van der Waals surface area contributed by atoms with E-state index in [-0.39, 0.29) is 0 Å². The zero-order valence-electron chi connectivity index (χ0n) is 10.3. The molecule has 0 saturated heterocycles. The first-order valence-corrected chi connectivity index (χ1v) is 5.74. The van der Waals surface area contributed by atoms with Gasteiger partial charge >= 0.3 is 0 Å². The number of benzene rings is 2. The predicted octanol–water partition coefficient (Wildman–Crippen LogP) is 1.55. The van der Waals surface area contributed by atoms with Crippen LogP contribution in [0.4, 0.5) is 5.69 Å². The molecule has 0 bridgehead atoms. The Morgan fingerprint density at radius 1 is 1.11 bits per heavy atom. The molecule has 0 amide bonds. The zero-order chi connectivity index (χ0) is 12.7. The van der Waals surface area contributed by atoms with Gasteiger partial charge in [-0.1, -0.05) is 0 Å². The molecule has 1 aliphatic heterocycles. The second-order valence-corrected chi connectivity index (χ2v) is 4.49. The summed E-state index contributed by atoms with van der Waals surface area (Å²) in [5.41, 5.74) is 8.79. The van der Waals surface area contributed by atoms with E-state index in [1.165, 1.54) is 0 Å². The van der Waals surface area contributed by atoms with Gasteiger partial charge in [0.2, 0.25) is 5.36 Å². The summed E-state index contributed by atoms with van der Waals surface area (Å²) in [5, 5.41) is 1.08. The van der Waals surface area contributed by atoms with E-state index in [4.69, 9.17) is 10.2 Å². The Morgan fingerprint density at radius 3 is 2.72 bits per heavy atom. The second-order valence-electron chi connectivity index (χ2n) is 4.49. The van der Waals surface area contributed by atoms with E-state index in [0.717, 1.165) is 22.3 Å². The average molecular weight is 240 g/mol. The van der Waals surface area contributed by atoms with Crippen molar-refractivity contribution in [1.82, 2.24) is 9.56 Å². The van der Waals surface area contributed by atoms with Crippen LogP contribution in [-0.2, 0) is 0 Å². The van der Waals surface area contributed by atoms with Crippen LogP contribution in [0.25, 0.3) is 22.6 Å². The highest BCUT2D eigenvalue weighted by Gasteiger charge is 2.10. The summed E-state index contributed by atoms with van der Waals surface area (Å²) in [6.07, 6.45) is 0. The maximum absolute atomic E-state index is 5.85. The van der Waals surface area contributed by atoms with Crippen LogP contribution in [0.15, 0.2) is 40.8 Å². The highest BCUT2D eigenvalue weighted by atomic mass is 16.3. The molecule has 0 unspecified atom stereocenters. The van der Waals surface area contributed by atoms with E-state index < -0.39 is 0 Å². The van der Waals surface area contributed by atoms with Crippen molar-refractivity contribution in [3.63, 3.8) is 0 Å². The molecular formula is C14H14N3O+. The Balaban J connectivity index is 2.40. The van der Waals surface area contributed by atoms with Gasteiger partial charge in [-0.2, -0.15) is 0 Å². The Kier molecular flexibility index (Phi) is 2.30. The van der Waals surface area contributed by atoms with Gasteiger partial charge < -0.3 is 10.2 Å². The van der Waals surface area contributed by atoms with Gasteiger partial charge in [-0.15, -0.1) is 0 Å². The summed E-state index contributed by atoms with van der Waals surface area (Å²) in [5.74, 6) is 0.763. The van der Waals surface area contributed by atoms with Crippen LogP contribution in [-0.4, -0.2) is 19.1 Å². The number of nitrogen functional groups attached to an aromatic ring is 1. The summed E-state index contributed by atoms with van der Waals surface area (Å²) in [6, 6.07) is 11.4. The number of hydrogen-bond donors (Lipinski definition) is 1. The fraction of sp³-hybridized carbons (Fsp3) is 0.143. The Hall–Kier alpha value is -2.36. The van der Waals surface area contributed by atoms with Gasteiger partial charge in [0, 0.05) is 17.8 Å². The second kappa shape index (κ2) is 3.84.